The first-order valence-electron chi connectivity index (χ1n) is 11.0. The van der Waals surface area contributed by atoms with Crippen molar-refractivity contribution in [2.24, 2.45) is 0 Å². The van der Waals surface area contributed by atoms with Gasteiger partial charge in [0.25, 0.3) is 0 Å². The molecule has 0 amide bonds. The number of thioether (sulfide) groups is 2. The van der Waals surface area contributed by atoms with E-state index in [2.05, 4.69) is 16.0 Å². The molecule has 0 atom stereocenters. The van der Waals surface area contributed by atoms with Gasteiger partial charge in [0, 0.05) is 27.5 Å². The molecule has 30 heavy (non-hydrogen) atoms. The van der Waals surface area contributed by atoms with Gasteiger partial charge >= 0.3 is 0 Å². The summed E-state index contributed by atoms with van der Waals surface area (Å²) in [4.78, 5) is 9.10. The summed E-state index contributed by atoms with van der Waals surface area (Å²) in [6.45, 7) is 4.14. The van der Waals surface area contributed by atoms with Gasteiger partial charge in [-0.05, 0) is 57.2 Å². The molecule has 3 nitrogen and oxygen atoms in total. The highest BCUT2D eigenvalue weighted by molar-refractivity contribution is 8.00. The number of nitrogens with zero attached hydrogens (tertiary/aromatic N) is 2. The number of pyridine rings is 2. The van der Waals surface area contributed by atoms with Crippen LogP contribution in [-0.4, -0.2) is 25.6 Å². The maximum atomic E-state index is 9.23. The van der Waals surface area contributed by atoms with E-state index in [4.69, 9.17) is 11.6 Å². The second kappa shape index (κ2) is 12.3. The predicted octanol–water partition coefficient (Wildman–Crippen LogP) is 7.08. The lowest BCUT2D eigenvalue weighted by Crippen LogP contribution is -1.99. The van der Waals surface area contributed by atoms with Crippen molar-refractivity contribution < 1.29 is 5.11 Å². The summed E-state index contributed by atoms with van der Waals surface area (Å²) in [5.74, 6) is 0.572. The number of alkyl halides is 1. The number of rotatable bonds is 6. The van der Waals surface area contributed by atoms with E-state index in [0.717, 1.165) is 32.3 Å². The lowest BCUT2D eigenvalue weighted by molar-refractivity contribution is 0.278. The Bertz CT molecular complexity index is 738. The summed E-state index contributed by atoms with van der Waals surface area (Å²) in [6, 6.07) is 8.09. The molecule has 4 rings (SSSR count). The van der Waals surface area contributed by atoms with Crippen LogP contribution in [0, 0.1) is 13.8 Å². The molecule has 164 valence electrons. The normalized spacial score (nSPS) is 17.2. The fourth-order valence-corrected chi connectivity index (χ4v) is 6.91. The third kappa shape index (κ3) is 7.15. The molecular formula is C24H33ClN2OS2. The van der Waals surface area contributed by atoms with E-state index in [0.29, 0.717) is 11.1 Å². The van der Waals surface area contributed by atoms with E-state index in [1.54, 1.807) is 0 Å². The average Bonchev–Trinajstić information content (AvgIpc) is 3.43. The zero-order chi connectivity index (χ0) is 21.3. The van der Waals surface area contributed by atoms with Crippen LogP contribution in [0.2, 0.25) is 0 Å². The molecule has 0 spiro atoms. The van der Waals surface area contributed by atoms with Gasteiger partial charge in [-0.25, -0.2) is 9.97 Å². The summed E-state index contributed by atoms with van der Waals surface area (Å²) in [5.41, 5.74) is 4.27. The number of aliphatic hydroxyl groups excluding tert-OH is 1. The maximum absolute atomic E-state index is 9.23. The molecule has 2 aliphatic rings. The standard InChI is InChI=1S/C12H16ClNS.C12H17NOS/c1-9-6-7-10(8-13)12(14-9)15-11-4-2-3-5-11;1-9-6-7-10(8-14)12(13-9)15-11-4-2-3-5-11/h6-7,11H,2-5,8H2,1H3;6-7,11,14H,2-5,8H2,1H3. The number of hydrogen-bond acceptors (Lipinski definition) is 5. The fraction of sp³-hybridized carbons (Fsp3) is 0.583. The first-order chi connectivity index (χ1) is 14.6. The molecule has 2 aliphatic carbocycles. The third-order valence-corrected chi connectivity index (χ3v) is 8.68. The molecule has 0 saturated heterocycles. The zero-order valence-electron chi connectivity index (χ0n) is 18.1. The van der Waals surface area contributed by atoms with Crippen molar-refractivity contribution in [2.45, 2.75) is 98.3 Å². The molecule has 0 unspecified atom stereocenters. The molecule has 0 radical (unpaired) electrons. The van der Waals surface area contributed by atoms with Crippen LogP contribution >= 0.6 is 35.1 Å². The maximum Gasteiger partial charge on any atom is 0.102 e. The van der Waals surface area contributed by atoms with E-state index in [1.165, 1.54) is 56.9 Å². The van der Waals surface area contributed by atoms with Crippen LogP contribution in [0.5, 0.6) is 0 Å². The monoisotopic (exact) mass is 464 g/mol. The Kier molecular flexibility index (Phi) is 9.82. The highest BCUT2D eigenvalue weighted by atomic mass is 35.5. The van der Waals surface area contributed by atoms with Crippen molar-refractivity contribution in [2.75, 3.05) is 0 Å². The first-order valence-corrected chi connectivity index (χ1v) is 13.3. The third-order valence-electron chi connectivity index (χ3n) is 5.63. The Labute approximate surface area is 194 Å². The minimum atomic E-state index is 0.0995. The van der Waals surface area contributed by atoms with Crippen LogP contribution in [0.3, 0.4) is 0 Å². The molecule has 6 heteroatoms. The van der Waals surface area contributed by atoms with Gasteiger partial charge in [-0.15, -0.1) is 35.1 Å². The second-order valence-corrected chi connectivity index (χ2v) is 11.0. The fourth-order valence-electron chi connectivity index (χ4n) is 3.88. The highest BCUT2D eigenvalue weighted by Crippen LogP contribution is 2.36. The lowest BCUT2D eigenvalue weighted by atomic mass is 10.3. The first kappa shape index (κ1) is 23.9. The molecule has 1 N–H and O–H groups in total. The van der Waals surface area contributed by atoms with E-state index >= 15 is 0 Å². The van der Waals surface area contributed by atoms with Crippen molar-refractivity contribution in [1.29, 1.82) is 0 Å². The van der Waals surface area contributed by atoms with Gasteiger partial charge in [0.05, 0.1) is 12.5 Å². The van der Waals surface area contributed by atoms with Crippen LogP contribution in [0.4, 0.5) is 0 Å². The largest absolute Gasteiger partial charge is 0.392 e. The van der Waals surface area contributed by atoms with E-state index in [1.807, 2.05) is 55.6 Å². The van der Waals surface area contributed by atoms with Crippen molar-refractivity contribution in [3.63, 3.8) is 0 Å². The molecule has 0 aliphatic heterocycles. The Morgan fingerprint density at radius 1 is 0.800 bits per heavy atom. The van der Waals surface area contributed by atoms with Crippen molar-refractivity contribution >= 4 is 35.1 Å². The molecule has 2 fully saturated rings. The lowest BCUT2D eigenvalue weighted by Gasteiger charge is -2.11. The van der Waals surface area contributed by atoms with Crippen molar-refractivity contribution in [3.05, 3.63) is 46.8 Å². The van der Waals surface area contributed by atoms with E-state index in [9.17, 15) is 5.11 Å². The van der Waals surface area contributed by atoms with Gasteiger partial charge in [0.1, 0.15) is 10.1 Å². The highest BCUT2D eigenvalue weighted by Gasteiger charge is 2.19. The Hall–Kier alpha value is -0.750. The van der Waals surface area contributed by atoms with Crippen LogP contribution in [0.15, 0.2) is 34.3 Å². The summed E-state index contributed by atoms with van der Waals surface area (Å²) >= 11 is 9.68. The predicted molar refractivity (Wildman–Crippen MR) is 130 cm³/mol. The Balaban J connectivity index is 0.000000171. The molecule has 0 bridgehead atoms. The van der Waals surface area contributed by atoms with Gasteiger partial charge < -0.3 is 5.11 Å². The minimum Gasteiger partial charge on any atom is -0.392 e. The number of hydrogen-bond donors (Lipinski definition) is 1. The van der Waals surface area contributed by atoms with Gasteiger partial charge in [0.15, 0.2) is 0 Å². The molecule has 2 saturated carbocycles. The second-order valence-electron chi connectivity index (χ2n) is 8.17. The van der Waals surface area contributed by atoms with Crippen molar-refractivity contribution in [1.82, 2.24) is 9.97 Å². The average molecular weight is 465 g/mol. The Morgan fingerprint density at radius 3 is 1.67 bits per heavy atom. The van der Waals surface area contributed by atoms with Gasteiger partial charge in [-0.1, -0.05) is 37.8 Å². The SMILES string of the molecule is Cc1ccc(CCl)c(SC2CCCC2)n1.Cc1ccc(CO)c(SC2CCCC2)n1. The van der Waals surface area contributed by atoms with Crippen LogP contribution in [0.25, 0.3) is 0 Å². The molecule has 2 heterocycles. The van der Waals surface area contributed by atoms with Gasteiger partial charge in [-0.3, -0.25) is 0 Å². The number of aromatic nitrogens is 2. The van der Waals surface area contributed by atoms with Crippen LogP contribution < -0.4 is 0 Å². The van der Waals surface area contributed by atoms with E-state index in [-0.39, 0.29) is 6.61 Å². The number of aryl methyl sites for hydroxylation is 2. The van der Waals surface area contributed by atoms with Gasteiger partial charge in [-0.2, -0.15) is 0 Å². The topological polar surface area (TPSA) is 46.0 Å². The molecule has 2 aromatic heterocycles. The Morgan fingerprint density at radius 2 is 1.23 bits per heavy atom. The molecule has 0 aromatic carbocycles. The van der Waals surface area contributed by atoms with Crippen molar-refractivity contribution in [3.8, 4) is 0 Å². The summed E-state index contributed by atoms with van der Waals surface area (Å²) in [7, 11) is 0. The smallest absolute Gasteiger partial charge is 0.102 e. The summed E-state index contributed by atoms with van der Waals surface area (Å²) < 4.78 is 0. The number of halogens is 1. The number of aliphatic hydroxyl groups is 1. The molecular weight excluding hydrogens is 432 g/mol. The van der Waals surface area contributed by atoms with Gasteiger partial charge in [0.2, 0.25) is 0 Å². The quantitative estimate of drug-likeness (QED) is 0.462. The summed E-state index contributed by atoms with van der Waals surface area (Å²) in [5, 5.41) is 12.9. The summed E-state index contributed by atoms with van der Waals surface area (Å²) in [6.07, 6.45) is 10.7. The molecule has 2 aromatic rings. The van der Waals surface area contributed by atoms with E-state index < -0.39 is 0 Å². The van der Waals surface area contributed by atoms with Crippen LogP contribution in [-0.2, 0) is 12.5 Å². The zero-order valence-corrected chi connectivity index (χ0v) is 20.5. The minimum absolute atomic E-state index is 0.0995. The van der Waals surface area contributed by atoms with Crippen LogP contribution in [0.1, 0.15) is 73.9 Å².